The number of hydrogen-bond donors (Lipinski definition) is 2. The van der Waals surface area contributed by atoms with E-state index in [1.807, 2.05) is 0 Å². The van der Waals surface area contributed by atoms with Gasteiger partial charge in [0.1, 0.15) is 17.3 Å². The molecule has 5 nitrogen and oxygen atoms in total. The van der Waals surface area contributed by atoms with Gasteiger partial charge in [-0.1, -0.05) is 6.07 Å². The van der Waals surface area contributed by atoms with Crippen molar-refractivity contribution in [2.45, 2.75) is 18.9 Å². The average molecular weight is 344 g/mol. The first-order valence-corrected chi connectivity index (χ1v) is 8.25. The fraction of sp³-hybridized carbons (Fsp3) is 0.316. The topological polar surface area (TPSA) is 61.8 Å². The number of aliphatic hydroxyl groups is 1. The zero-order valence-corrected chi connectivity index (χ0v) is 14.0. The van der Waals surface area contributed by atoms with Crippen molar-refractivity contribution in [3.05, 3.63) is 54.3 Å². The van der Waals surface area contributed by atoms with E-state index in [-0.39, 0.29) is 11.8 Å². The monoisotopic (exact) mass is 344 g/mol. The number of aliphatic hydroxyl groups excluding tert-OH is 1. The second-order valence-corrected chi connectivity index (χ2v) is 6.30. The highest BCUT2D eigenvalue weighted by Gasteiger charge is 2.31. The Morgan fingerprint density at radius 3 is 2.64 bits per heavy atom. The Morgan fingerprint density at radius 2 is 2.00 bits per heavy atom. The first kappa shape index (κ1) is 17.2. The molecule has 2 aromatic rings. The van der Waals surface area contributed by atoms with Crippen molar-refractivity contribution < 1.29 is 19.0 Å². The van der Waals surface area contributed by atoms with E-state index in [1.54, 1.807) is 43.4 Å². The predicted octanol–water partition coefficient (Wildman–Crippen LogP) is 3.85. The number of halogens is 1. The molecule has 2 amide bonds. The van der Waals surface area contributed by atoms with Crippen molar-refractivity contribution >= 4 is 11.7 Å². The molecule has 0 spiro atoms. The van der Waals surface area contributed by atoms with Gasteiger partial charge in [0.05, 0.1) is 6.10 Å². The molecule has 132 valence electrons. The number of likely N-dealkylation sites (N-methyl/N-ethyl adjacent to an activating group) is 1. The molecule has 0 saturated heterocycles. The van der Waals surface area contributed by atoms with Crippen LogP contribution in [0.4, 0.5) is 14.9 Å². The maximum Gasteiger partial charge on any atom is 0.321 e. The van der Waals surface area contributed by atoms with Gasteiger partial charge in [0, 0.05) is 25.3 Å². The molecule has 2 aromatic carbocycles. The van der Waals surface area contributed by atoms with Gasteiger partial charge in [0.2, 0.25) is 0 Å². The number of carbonyl (C=O) groups excluding carboxylic acids is 1. The number of amides is 2. The average Bonchev–Trinajstić information content (AvgIpc) is 3.41. The Kier molecular flexibility index (Phi) is 5.19. The number of urea groups is 1. The van der Waals surface area contributed by atoms with Gasteiger partial charge in [-0.3, -0.25) is 0 Å². The first-order valence-electron chi connectivity index (χ1n) is 8.25. The third kappa shape index (κ3) is 4.93. The van der Waals surface area contributed by atoms with Gasteiger partial charge in [0.15, 0.2) is 0 Å². The fourth-order valence-electron chi connectivity index (χ4n) is 2.49. The lowest BCUT2D eigenvalue weighted by molar-refractivity contribution is 0.117. The SMILES string of the molecule is CN(CC(O)C1CC1)C(=O)Nc1ccc(Oc2cccc(F)c2)cc1. The summed E-state index contributed by atoms with van der Waals surface area (Å²) in [7, 11) is 1.66. The lowest BCUT2D eigenvalue weighted by atomic mass is 10.2. The van der Waals surface area contributed by atoms with Crippen LogP contribution in [0, 0.1) is 11.7 Å². The molecule has 2 N–H and O–H groups in total. The first-order chi connectivity index (χ1) is 12.0. The Morgan fingerprint density at radius 1 is 1.28 bits per heavy atom. The number of ether oxygens (including phenoxy) is 1. The third-order valence-corrected chi connectivity index (χ3v) is 4.11. The lowest BCUT2D eigenvalue weighted by Crippen LogP contribution is -2.37. The highest BCUT2D eigenvalue weighted by atomic mass is 19.1. The summed E-state index contributed by atoms with van der Waals surface area (Å²) in [6, 6.07) is 12.4. The van der Waals surface area contributed by atoms with Crippen molar-refractivity contribution in [3.63, 3.8) is 0 Å². The second-order valence-electron chi connectivity index (χ2n) is 6.30. The van der Waals surface area contributed by atoms with E-state index < -0.39 is 6.10 Å². The smallest absolute Gasteiger partial charge is 0.321 e. The van der Waals surface area contributed by atoms with Crippen LogP contribution in [0.1, 0.15) is 12.8 Å². The molecule has 0 bridgehead atoms. The van der Waals surface area contributed by atoms with Crippen LogP contribution in [0.25, 0.3) is 0 Å². The molecule has 1 saturated carbocycles. The number of nitrogens with one attached hydrogen (secondary N) is 1. The highest BCUT2D eigenvalue weighted by Crippen LogP contribution is 2.32. The van der Waals surface area contributed by atoms with Crippen molar-refractivity contribution in [2.24, 2.45) is 5.92 Å². The maximum absolute atomic E-state index is 13.1. The van der Waals surface area contributed by atoms with Gasteiger partial charge >= 0.3 is 6.03 Å². The zero-order valence-electron chi connectivity index (χ0n) is 14.0. The number of carbonyl (C=O) groups is 1. The molecule has 0 aliphatic heterocycles. The zero-order chi connectivity index (χ0) is 17.8. The number of anilines is 1. The summed E-state index contributed by atoms with van der Waals surface area (Å²) in [6.07, 6.45) is 1.60. The summed E-state index contributed by atoms with van der Waals surface area (Å²) >= 11 is 0. The maximum atomic E-state index is 13.1. The Balaban J connectivity index is 1.53. The quantitative estimate of drug-likeness (QED) is 0.837. The van der Waals surface area contributed by atoms with Gasteiger partial charge < -0.3 is 20.1 Å². The molecular weight excluding hydrogens is 323 g/mol. The van der Waals surface area contributed by atoms with Crippen LogP contribution < -0.4 is 10.1 Å². The summed E-state index contributed by atoms with van der Waals surface area (Å²) < 4.78 is 18.7. The molecule has 1 unspecified atom stereocenters. The summed E-state index contributed by atoms with van der Waals surface area (Å²) in [5.74, 6) is 0.916. The van der Waals surface area contributed by atoms with E-state index in [0.29, 0.717) is 29.6 Å². The van der Waals surface area contributed by atoms with Crippen molar-refractivity contribution in [1.29, 1.82) is 0 Å². The molecule has 1 atom stereocenters. The standard InChI is InChI=1S/C19H21FN2O3/c1-22(12-18(23)13-5-6-13)19(24)21-15-7-9-16(10-8-15)25-17-4-2-3-14(20)11-17/h2-4,7-11,13,18,23H,5-6,12H2,1H3,(H,21,24). The molecule has 25 heavy (non-hydrogen) atoms. The van der Waals surface area contributed by atoms with Crippen LogP contribution in [0.3, 0.4) is 0 Å². The van der Waals surface area contributed by atoms with Gasteiger partial charge in [0.25, 0.3) is 0 Å². The number of rotatable bonds is 6. The fourth-order valence-corrected chi connectivity index (χ4v) is 2.49. The Labute approximate surface area is 146 Å². The van der Waals surface area contributed by atoms with Crippen molar-refractivity contribution in [3.8, 4) is 11.5 Å². The van der Waals surface area contributed by atoms with Gasteiger partial charge in [-0.2, -0.15) is 0 Å². The second kappa shape index (κ2) is 7.53. The van der Waals surface area contributed by atoms with Crippen LogP contribution in [-0.2, 0) is 0 Å². The largest absolute Gasteiger partial charge is 0.457 e. The van der Waals surface area contributed by atoms with Gasteiger partial charge in [-0.05, 0) is 55.2 Å². The summed E-state index contributed by atoms with van der Waals surface area (Å²) in [4.78, 5) is 13.6. The van der Waals surface area contributed by atoms with Crippen LogP contribution in [-0.4, -0.2) is 35.7 Å². The molecule has 6 heteroatoms. The van der Waals surface area contributed by atoms with Crippen LogP contribution in [0.2, 0.25) is 0 Å². The molecule has 3 rings (SSSR count). The Bertz CT molecular complexity index is 732. The molecule has 0 radical (unpaired) electrons. The minimum absolute atomic E-state index is 0.279. The lowest BCUT2D eigenvalue weighted by Gasteiger charge is -2.21. The molecule has 0 heterocycles. The van der Waals surface area contributed by atoms with Gasteiger partial charge in [-0.25, -0.2) is 9.18 Å². The molecule has 1 aliphatic rings. The van der Waals surface area contributed by atoms with Crippen LogP contribution in [0.15, 0.2) is 48.5 Å². The summed E-state index contributed by atoms with van der Waals surface area (Å²) in [6.45, 7) is 0.317. The van der Waals surface area contributed by atoms with Crippen molar-refractivity contribution in [2.75, 3.05) is 18.9 Å². The van der Waals surface area contributed by atoms with Gasteiger partial charge in [-0.15, -0.1) is 0 Å². The minimum Gasteiger partial charge on any atom is -0.457 e. The summed E-state index contributed by atoms with van der Waals surface area (Å²) in [5.41, 5.74) is 0.615. The van der Waals surface area contributed by atoms with E-state index in [1.165, 1.54) is 17.0 Å². The van der Waals surface area contributed by atoms with E-state index in [4.69, 9.17) is 4.74 Å². The molecule has 1 fully saturated rings. The number of hydrogen-bond acceptors (Lipinski definition) is 3. The van der Waals surface area contributed by atoms with E-state index in [9.17, 15) is 14.3 Å². The summed E-state index contributed by atoms with van der Waals surface area (Å²) in [5, 5.41) is 12.7. The Hall–Kier alpha value is -2.60. The van der Waals surface area contributed by atoms with Crippen LogP contribution in [0.5, 0.6) is 11.5 Å². The van der Waals surface area contributed by atoms with E-state index in [2.05, 4.69) is 5.32 Å². The highest BCUT2D eigenvalue weighted by molar-refractivity contribution is 5.89. The molecule has 1 aliphatic carbocycles. The van der Waals surface area contributed by atoms with Crippen LogP contribution >= 0.6 is 0 Å². The number of nitrogens with zero attached hydrogens (tertiary/aromatic N) is 1. The predicted molar refractivity (Wildman–Crippen MR) is 93.3 cm³/mol. The molecule has 0 aromatic heterocycles. The van der Waals surface area contributed by atoms with Crippen molar-refractivity contribution in [1.82, 2.24) is 4.90 Å². The molecular formula is C19H21FN2O3. The normalized spacial score (nSPS) is 14.7. The minimum atomic E-state index is -0.460. The number of benzene rings is 2. The van der Waals surface area contributed by atoms with E-state index in [0.717, 1.165) is 12.8 Å². The van der Waals surface area contributed by atoms with E-state index >= 15 is 0 Å². The third-order valence-electron chi connectivity index (χ3n) is 4.11.